The first-order valence-electron chi connectivity index (χ1n) is 7.30. The van der Waals surface area contributed by atoms with Crippen molar-refractivity contribution >= 4 is 46.0 Å². The summed E-state index contributed by atoms with van der Waals surface area (Å²) in [6, 6.07) is 14.4. The van der Waals surface area contributed by atoms with Crippen LogP contribution in [-0.4, -0.2) is 27.8 Å². The Hall–Kier alpha value is -2.81. The first kappa shape index (κ1) is 17.0. The summed E-state index contributed by atoms with van der Waals surface area (Å²) in [4.78, 5) is 11.5. The second-order valence-corrected chi connectivity index (χ2v) is 6.02. The topological polar surface area (TPSA) is 85.1 Å². The summed E-state index contributed by atoms with van der Waals surface area (Å²) >= 11 is 11.9. The van der Waals surface area contributed by atoms with Gasteiger partial charge in [-0.05, 0) is 24.3 Å². The Labute approximate surface area is 153 Å². The van der Waals surface area contributed by atoms with E-state index in [-0.39, 0.29) is 17.9 Å². The Morgan fingerprint density at radius 2 is 2.08 bits per heavy atom. The molecule has 0 aliphatic heterocycles. The summed E-state index contributed by atoms with van der Waals surface area (Å²) < 4.78 is 0. The number of hydrogen-bond donors (Lipinski definition) is 2. The number of imidazole rings is 1. The Bertz CT molecular complexity index is 998. The van der Waals surface area contributed by atoms with E-state index in [0.29, 0.717) is 21.4 Å². The van der Waals surface area contributed by atoms with Crippen molar-refractivity contribution in [2.45, 2.75) is 0 Å². The predicted molar refractivity (Wildman–Crippen MR) is 100 cm³/mol. The zero-order valence-corrected chi connectivity index (χ0v) is 14.4. The number of para-hydroxylation sites is 2. The van der Waals surface area contributed by atoms with Gasteiger partial charge in [-0.25, -0.2) is 4.98 Å². The van der Waals surface area contributed by atoms with Crippen molar-refractivity contribution in [3.05, 3.63) is 69.7 Å². The van der Waals surface area contributed by atoms with Gasteiger partial charge in [0.2, 0.25) is 0 Å². The molecule has 3 rings (SSSR count). The fourth-order valence-electron chi connectivity index (χ4n) is 2.24. The van der Waals surface area contributed by atoms with Crippen LogP contribution in [0.3, 0.4) is 0 Å². The molecule has 0 radical (unpaired) electrons. The highest BCUT2D eigenvalue weighted by Crippen LogP contribution is 2.20. The van der Waals surface area contributed by atoms with Crippen LogP contribution in [0.1, 0.15) is 11.4 Å². The number of aliphatic hydroxyl groups is 1. The Morgan fingerprint density at radius 1 is 1.28 bits per heavy atom. The van der Waals surface area contributed by atoms with Crippen molar-refractivity contribution in [2.24, 2.45) is 4.99 Å². The maximum Gasteiger partial charge on any atom is 0.152 e. The van der Waals surface area contributed by atoms with Gasteiger partial charge in [-0.3, -0.25) is 4.99 Å². The second kappa shape index (κ2) is 7.39. The lowest BCUT2D eigenvalue weighted by Gasteiger charge is -2.00. The van der Waals surface area contributed by atoms with E-state index in [1.54, 1.807) is 18.2 Å². The molecule has 0 atom stereocenters. The van der Waals surface area contributed by atoms with Crippen molar-refractivity contribution in [1.82, 2.24) is 9.97 Å². The van der Waals surface area contributed by atoms with Gasteiger partial charge in [-0.1, -0.05) is 41.4 Å². The monoisotopic (exact) mass is 370 g/mol. The van der Waals surface area contributed by atoms with E-state index in [1.807, 2.05) is 30.3 Å². The second-order valence-electron chi connectivity index (χ2n) is 5.17. The summed E-state index contributed by atoms with van der Waals surface area (Å²) in [5, 5.41) is 20.5. The number of halogens is 2. The fourth-order valence-corrected chi connectivity index (χ4v) is 2.70. The summed E-state index contributed by atoms with van der Waals surface area (Å²) in [6.07, 6.45) is 1.52. The van der Waals surface area contributed by atoms with Crippen LogP contribution < -0.4 is 0 Å². The molecule has 25 heavy (non-hydrogen) atoms. The Kier molecular flexibility index (Phi) is 5.03. The predicted octanol–water partition coefficient (Wildman–Crippen LogP) is 4.78. The summed E-state index contributed by atoms with van der Waals surface area (Å²) in [6.45, 7) is -0.0705. The third-order valence-electron chi connectivity index (χ3n) is 3.46. The minimum Gasteiger partial charge on any atom is -0.509 e. The van der Waals surface area contributed by atoms with Gasteiger partial charge in [0.05, 0.1) is 22.6 Å². The zero-order chi connectivity index (χ0) is 17.8. The van der Waals surface area contributed by atoms with Gasteiger partial charge in [0.1, 0.15) is 17.4 Å². The van der Waals surface area contributed by atoms with E-state index in [0.717, 1.165) is 11.0 Å². The number of nitrogens with one attached hydrogen (secondary N) is 1. The van der Waals surface area contributed by atoms with Gasteiger partial charge < -0.3 is 10.1 Å². The van der Waals surface area contributed by atoms with Crippen LogP contribution in [0.2, 0.25) is 10.0 Å². The van der Waals surface area contributed by atoms with Gasteiger partial charge in [-0.2, -0.15) is 5.26 Å². The molecule has 0 bridgehead atoms. The molecule has 5 nitrogen and oxygen atoms in total. The number of H-pyrrole nitrogens is 1. The molecule has 0 aliphatic carbocycles. The van der Waals surface area contributed by atoms with Gasteiger partial charge in [0, 0.05) is 16.8 Å². The number of nitrogens with zero attached hydrogens (tertiary/aromatic N) is 3. The number of aromatic nitrogens is 2. The van der Waals surface area contributed by atoms with Crippen LogP contribution in [0.25, 0.3) is 16.6 Å². The molecule has 1 heterocycles. The first-order chi connectivity index (χ1) is 12.1. The highest BCUT2D eigenvalue weighted by molar-refractivity contribution is 6.36. The SMILES string of the molecule is N#C/C(=C(/O)CN=Cc1ccc(Cl)cc1Cl)c1nc2ccccc2[nH]1. The van der Waals surface area contributed by atoms with Crippen LogP contribution in [0, 0.1) is 11.3 Å². The van der Waals surface area contributed by atoms with Crippen molar-refractivity contribution in [3.8, 4) is 6.07 Å². The third-order valence-corrected chi connectivity index (χ3v) is 4.02. The molecular formula is C18H12Cl2N4O. The van der Waals surface area contributed by atoms with E-state index in [9.17, 15) is 10.4 Å². The maximum atomic E-state index is 10.2. The van der Waals surface area contributed by atoms with E-state index in [1.165, 1.54) is 6.21 Å². The average molecular weight is 371 g/mol. The average Bonchev–Trinajstić information content (AvgIpc) is 3.01. The number of allylic oxidation sites excluding steroid dienone is 1. The minimum absolute atomic E-state index is 0.0514. The number of benzene rings is 2. The highest BCUT2D eigenvalue weighted by atomic mass is 35.5. The molecule has 2 N–H and O–H groups in total. The van der Waals surface area contributed by atoms with E-state index >= 15 is 0 Å². The molecule has 1 aromatic heterocycles. The van der Waals surface area contributed by atoms with Crippen LogP contribution in [0.4, 0.5) is 0 Å². The normalized spacial score (nSPS) is 12.4. The maximum absolute atomic E-state index is 10.2. The fraction of sp³-hybridized carbons (Fsp3) is 0.0556. The summed E-state index contributed by atoms with van der Waals surface area (Å²) in [5.41, 5.74) is 2.22. The van der Waals surface area contributed by atoms with Crippen molar-refractivity contribution in [2.75, 3.05) is 6.54 Å². The number of aliphatic hydroxyl groups excluding tert-OH is 1. The molecule has 0 saturated carbocycles. The molecule has 0 fully saturated rings. The Balaban J connectivity index is 1.84. The van der Waals surface area contributed by atoms with Gasteiger partial charge >= 0.3 is 0 Å². The number of rotatable bonds is 4. The lowest BCUT2D eigenvalue weighted by atomic mass is 10.2. The molecule has 0 saturated heterocycles. The van der Waals surface area contributed by atoms with Crippen LogP contribution in [-0.2, 0) is 0 Å². The standard InChI is InChI=1S/C18H12Cl2N4O/c19-12-6-5-11(14(20)7-12)9-22-10-17(25)13(8-21)18-23-15-3-1-2-4-16(15)24-18/h1-7,9,25H,10H2,(H,23,24)/b17-13-,22-9?. The molecule has 3 aromatic rings. The number of aromatic amines is 1. The molecule has 124 valence electrons. The first-order valence-corrected chi connectivity index (χ1v) is 8.06. The third kappa shape index (κ3) is 3.82. The number of nitriles is 1. The summed E-state index contributed by atoms with van der Waals surface area (Å²) in [7, 11) is 0. The minimum atomic E-state index is -0.178. The quantitative estimate of drug-likeness (QED) is 0.393. The molecule has 0 aliphatic rings. The number of fused-ring (bicyclic) bond motifs is 1. The van der Waals surface area contributed by atoms with Crippen LogP contribution in [0.5, 0.6) is 0 Å². The van der Waals surface area contributed by atoms with E-state index in [4.69, 9.17) is 23.2 Å². The molecular weight excluding hydrogens is 359 g/mol. The van der Waals surface area contributed by atoms with Gasteiger partial charge in [-0.15, -0.1) is 0 Å². The van der Waals surface area contributed by atoms with Gasteiger partial charge in [0.15, 0.2) is 5.82 Å². The molecule has 0 unspecified atom stereocenters. The number of hydrogen-bond acceptors (Lipinski definition) is 4. The summed E-state index contributed by atoms with van der Waals surface area (Å²) in [5.74, 6) is 0.129. The van der Waals surface area contributed by atoms with E-state index < -0.39 is 0 Å². The van der Waals surface area contributed by atoms with Crippen LogP contribution in [0.15, 0.2) is 53.2 Å². The lowest BCUT2D eigenvalue weighted by molar-refractivity contribution is 0.407. The Morgan fingerprint density at radius 3 is 2.80 bits per heavy atom. The lowest BCUT2D eigenvalue weighted by Crippen LogP contribution is -1.96. The van der Waals surface area contributed by atoms with Crippen molar-refractivity contribution < 1.29 is 5.11 Å². The van der Waals surface area contributed by atoms with Crippen molar-refractivity contribution in [1.29, 1.82) is 5.26 Å². The van der Waals surface area contributed by atoms with Gasteiger partial charge in [0.25, 0.3) is 0 Å². The largest absolute Gasteiger partial charge is 0.509 e. The molecule has 7 heteroatoms. The molecule has 0 spiro atoms. The van der Waals surface area contributed by atoms with Crippen molar-refractivity contribution in [3.63, 3.8) is 0 Å². The smallest absolute Gasteiger partial charge is 0.152 e. The molecule has 0 amide bonds. The molecule has 2 aromatic carbocycles. The van der Waals surface area contributed by atoms with Crippen LogP contribution >= 0.6 is 23.2 Å². The highest BCUT2D eigenvalue weighted by Gasteiger charge is 2.12. The zero-order valence-electron chi connectivity index (χ0n) is 12.9. The van der Waals surface area contributed by atoms with E-state index in [2.05, 4.69) is 15.0 Å². The number of aliphatic imine (C=N–C) groups is 1.